The molecule has 0 radical (unpaired) electrons. The number of halogens is 1. The molecule has 0 bridgehead atoms. The molecular formula is C18H14ClNOS2. The topological polar surface area (TPSA) is 20.3 Å². The third-order valence-corrected chi connectivity index (χ3v) is 5.36. The van der Waals surface area contributed by atoms with Crippen LogP contribution in [0.15, 0.2) is 59.5 Å². The Labute approximate surface area is 150 Å². The van der Waals surface area contributed by atoms with Gasteiger partial charge in [-0.3, -0.25) is 9.69 Å². The van der Waals surface area contributed by atoms with E-state index in [9.17, 15) is 4.79 Å². The van der Waals surface area contributed by atoms with Crippen LogP contribution in [0.2, 0.25) is 5.02 Å². The molecule has 0 unspecified atom stereocenters. The highest BCUT2D eigenvalue weighted by atomic mass is 35.5. The number of thiocarbonyl (C=S) groups is 1. The summed E-state index contributed by atoms with van der Waals surface area (Å²) >= 11 is 12.9. The lowest BCUT2D eigenvalue weighted by Gasteiger charge is -2.23. The van der Waals surface area contributed by atoms with Crippen LogP contribution < -0.4 is 0 Å². The van der Waals surface area contributed by atoms with Crippen LogP contribution in [0.5, 0.6) is 0 Å². The summed E-state index contributed by atoms with van der Waals surface area (Å²) in [6.07, 6.45) is 1.80. The summed E-state index contributed by atoms with van der Waals surface area (Å²) in [5, 5.41) is 0.619. The lowest BCUT2D eigenvalue weighted by Crippen LogP contribution is -2.30. The Morgan fingerprint density at radius 3 is 2.48 bits per heavy atom. The van der Waals surface area contributed by atoms with Crippen molar-refractivity contribution in [1.29, 1.82) is 0 Å². The van der Waals surface area contributed by atoms with Crippen LogP contribution in [0.3, 0.4) is 0 Å². The third kappa shape index (κ3) is 3.34. The summed E-state index contributed by atoms with van der Waals surface area (Å²) in [6.45, 7) is 1.98. The molecule has 1 fully saturated rings. The molecule has 2 aromatic carbocycles. The second-order valence-corrected chi connectivity index (χ2v) is 7.24. The van der Waals surface area contributed by atoms with Crippen molar-refractivity contribution in [3.8, 4) is 0 Å². The highest BCUT2D eigenvalue weighted by molar-refractivity contribution is 8.26. The molecule has 0 N–H and O–H groups in total. The van der Waals surface area contributed by atoms with Gasteiger partial charge in [0.1, 0.15) is 4.32 Å². The first-order valence-corrected chi connectivity index (χ1v) is 8.75. The number of nitrogens with zero attached hydrogens (tertiary/aromatic N) is 1. The molecule has 2 aromatic rings. The van der Waals surface area contributed by atoms with E-state index in [0.29, 0.717) is 14.2 Å². The second-order valence-electron chi connectivity index (χ2n) is 5.16. The Kier molecular flexibility index (Phi) is 4.85. The maximum absolute atomic E-state index is 12.8. The van der Waals surface area contributed by atoms with E-state index in [1.807, 2.05) is 55.5 Å². The van der Waals surface area contributed by atoms with Gasteiger partial charge >= 0.3 is 0 Å². The van der Waals surface area contributed by atoms with E-state index >= 15 is 0 Å². The first-order chi connectivity index (χ1) is 11.1. The highest BCUT2D eigenvalue weighted by Gasteiger charge is 2.35. The van der Waals surface area contributed by atoms with Crippen molar-refractivity contribution in [2.45, 2.75) is 13.0 Å². The van der Waals surface area contributed by atoms with Gasteiger partial charge in [-0.1, -0.05) is 84.1 Å². The van der Waals surface area contributed by atoms with E-state index in [1.165, 1.54) is 11.8 Å². The van der Waals surface area contributed by atoms with E-state index < -0.39 is 0 Å². The van der Waals surface area contributed by atoms with Gasteiger partial charge in [0.25, 0.3) is 5.91 Å². The van der Waals surface area contributed by atoms with Crippen LogP contribution >= 0.6 is 35.6 Å². The molecule has 23 heavy (non-hydrogen) atoms. The predicted octanol–water partition coefficient (Wildman–Crippen LogP) is 5.30. The Morgan fingerprint density at radius 2 is 1.78 bits per heavy atom. The van der Waals surface area contributed by atoms with E-state index in [4.69, 9.17) is 23.8 Å². The zero-order chi connectivity index (χ0) is 16.4. The minimum atomic E-state index is -0.0964. The van der Waals surface area contributed by atoms with Crippen molar-refractivity contribution in [1.82, 2.24) is 4.90 Å². The molecule has 0 spiro atoms. The summed E-state index contributed by atoms with van der Waals surface area (Å²) in [4.78, 5) is 15.0. The molecule has 0 aliphatic carbocycles. The van der Waals surface area contributed by atoms with Crippen molar-refractivity contribution >= 4 is 51.9 Å². The average Bonchev–Trinajstić information content (AvgIpc) is 2.84. The second kappa shape index (κ2) is 6.87. The van der Waals surface area contributed by atoms with E-state index in [-0.39, 0.29) is 11.9 Å². The molecular weight excluding hydrogens is 346 g/mol. The fraction of sp³-hybridized carbons (Fsp3) is 0.111. The largest absolute Gasteiger partial charge is 0.286 e. The highest BCUT2D eigenvalue weighted by Crippen LogP contribution is 2.38. The first-order valence-electron chi connectivity index (χ1n) is 7.14. The van der Waals surface area contributed by atoms with E-state index in [0.717, 1.165) is 11.1 Å². The molecule has 0 aromatic heterocycles. The fourth-order valence-electron chi connectivity index (χ4n) is 2.43. The summed E-state index contributed by atoms with van der Waals surface area (Å²) in [6, 6.07) is 17.2. The predicted molar refractivity (Wildman–Crippen MR) is 101 cm³/mol. The molecule has 1 heterocycles. The van der Waals surface area contributed by atoms with Crippen LogP contribution in [0.1, 0.15) is 24.1 Å². The molecule has 1 amide bonds. The van der Waals surface area contributed by atoms with E-state index in [1.54, 1.807) is 17.0 Å². The Balaban J connectivity index is 1.90. The van der Waals surface area contributed by atoms with Crippen LogP contribution in [-0.4, -0.2) is 15.1 Å². The summed E-state index contributed by atoms with van der Waals surface area (Å²) in [5.41, 5.74) is 1.88. The SMILES string of the molecule is C[C@H](c1ccccc1)N1C(=O)/C(=C\c2ccccc2Cl)SC1=S. The first kappa shape index (κ1) is 16.2. The average molecular weight is 360 g/mol. The number of carbonyl (C=O) groups is 1. The van der Waals surface area contributed by atoms with Gasteiger partial charge in [-0.2, -0.15) is 0 Å². The Bertz CT molecular complexity index is 789. The van der Waals surface area contributed by atoms with Crippen molar-refractivity contribution in [3.05, 3.63) is 75.7 Å². The Hall–Kier alpha value is -1.62. The normalized spacial score (nSPS) is 17.8. The number of benzene rings is 2. The van der Waals surface area contributed by atoms with Gasteiger partial charge in [-0.25, -0.2) is 0 Å². The Morgan fingerprint density at radius 1 is 1.13 bits per heavy atom. The lowest BCUT2D eigenvalue weighted by atomic mass is 10.1. The van der Waals surface area contributed by atoms with Gasteiger partial charge in [0.05, 0.1) is 10.9 Å². The summed E-state index contributed by atoms with van der Waals surface area (Å²) in [5.74, 6) is -0.0729. The molecule has 5 heteroatoms. The number of hydrogen-bond donors (Lipinski definition) is 0. The van der Waals surface area contributed by atoms with Gasteiger partial charge in [-0.05, 0) is 30.2 Å². The molecule has 1 atom stereocenters. The number of amides is 1. The monoisotopic (exact) mass is 359 g/mol. The standard InChI is InChI=1S/C18H14ClNOS2/c1-12(13-7-3-2-4-8-13)20-17(21)16(23-18(20)22)11-14-9-5-6-10-15(14)19/h2-12H,1H3/b16-11+/t12-/m1/s1. The summed E-state index contributed by atoms with van der Waals surface area (Å²) in [7, 11) is 0. The number of hydrogen-bond acceptors (Lipinski definition) is 3. The number of rotatable bonds is 3. The zero-order valence-corrected chi connectivity index (χ0v) is 14.8. The van der Waals surface area contributed by atoms with Crippen molar-refractivity contribution in [2.75, 3.05) is 0 Å². The maximum Gasteiger partial charge on any atom is 0.266 e. The van der Waals surface area contributed by atoms with Crippen LogP contribution in [0, 0.1) is 0 Å². The molecule has 3 rings (SSSR count). The number of carbonyl (C=O) groups excluding carboxylic acids is 1. The van der Waals surface area contributed by atoms with Crippen LogP contribution in [-0.2, 0) is 4.79 Å². The maximum atomic E-state index is 12.8. The van der Waals surface area contributed by atoms with Gasteiger partial charge in [0, 0.05) is 5.02 Å². The third-order valence-electron chi connectivity index (χ3n) is 3.68. The minimum absolute atomic E-state index is 0.0729. The van der Waals surface area contributed by atoms with Crippen molar-refractivity contribution < 1.29 is 4.79 Å². The van der Waals surface area contributed by atoms with Gasteiger partial charge in [0.2, 0.25) is 0 Å². The number of thioether (sulfide) groups is 1. The lowest BCUT2D eigenvalue weighted by molar-refractivity contribution is -0.123. The zero-order valence-electron chi connectivity index (χ0n) is 12.4. The van der Waals surface area contributed by atoms with Gasteiger partial charge < -0.3 is 0 Å². The molecule has 116 valence electrons. The molecule has 0 saturated carbocycles. The van der Waals surface area contributed by atoms with E-state index in [2.05, 4.69) is 0 Å². The van der Waals surface area contributed by atoms with Gasteiger partial charge in [-0.15, -0.1) is 0 Å². The molecule has 1 aliphatic heterocycles. The van der Waals surface area contributed by atoms with Crippen LogP contribution in [0.25, 0.3) is 6.08 Å². The molecule has 1 saturated heterocycles. The van der Waals surface area contributed by atoms with Crippen molar-refractivity contribution in [3.63, 3.8) is 0 Å². The quantitative estimate of drug-likeness (QED) is 0.547. The smallest absolute Gasteiger partial charge is 0.266 e. The molecule has 1 aliphatic rings. The summed E-state index contributed by atoms with van der Waals surface area (Å²) < 4.78 is 0.574. The fourth-order valence-corrected chi connectivity index (χ4v) is 4.03. The van der Waals surface area contributed by atoms with Crippen molar-refractivity contribution in [2.24, 2.45) is 0 Å². The minimum Gasteiger partial charge on any atom is -0.286 e. The van der Waals surface area contributed by atoms with Crippen LogP contribution in [0.4, 0.5) is 0 Å². The van der Waals surface area contributed by atoms with Gasteiger partial charge in [0.15, 0.2) is 0 Å². The molecule has 2 nitrogen and oxygen atoms in total.